The monoisotopic (exact) mass is 372 g/mol. The van der Waals surface area contributed by atoms with Crippen molar-refractivity contribution >= 4 is 29.0 Å². The van der Waals surface area contributed by atoms with E-state index in [1.807, 2.05) is 36.4 Å². The molecule has 4 rings (SSSR count). The molecule has 0 aliphatic heterocycles. The summed E-state index contributed by atoms with van der Waals surface area (Å²) in [5, 5.41) is 0. The highest BCUT2D eigenvalue weighted by Gasteiger charge is 2.35. The summed E-state index contributed by atoms with van der Waals surface area (Å²) in [7, 11) is -5.65. The predicted octanol–water partition coefficient (Wildman–Crippen LogP) is 3.22. The van der Waals surface area contributed by atoms with E-state index in [1.54, 1.807) is 24.3 Å². The normalized spacial score (nSPS) is 18.5. The van der Waals surface area contributed by atoms with Crippen LogP contribution in [0.4, 0.5) is 0 Å². The van der Waals surface area contributed by atoms with E-state index < -0.39 is 24.5 Å². The fraction of sp³-hybridized carbons (Fsp3) is 0.0556. The van der Waals surface area contributed by atoms with Crippen LogP contribution in [-0.2, 0) is 14.9 Å². The molecule has 2 aromatic rings. The van der Waals surface area contributed by atoms with Crippen molar-refractivity contribution in [3.63, 3.8) is 0 Å². The van der Waals surface area contributed by atoms with Gasteiger partial charge in [-0.15, -0.1) is 0 Å². The van der Waals surface area contributed by atoms with Gasteiger partial charge < -0.3 is 9.42 Å². The Morgan fingerprint density at radius 2 is 1.72 bits per heavy atom. The van der Waals surface area contributed by atoms with Gasteiger partial charge in [0.1, 0.15) is 5.75 Å². The smallest absolute Gasteiger partial charge is 0.365 e. The van der Waals surface area contributed by atoms with Crippen LogP contribution in [0.1, 0.15) is 17.0 Å². The Bertz CT molecular complexity index is 1100. The second-order valence-electron chi connectivity index (χ2n) is 5.68. The highest BCUT2D eigenvalue weighted by molar-refractivity contribution is 7.73. The maximum atomic E-state index is 11.8. The van der Waals surface area contributed by atoms with Crippen LogP contribution in [0, 0.1) is 0 Å². The lowest BCUT2D eigenvalue weighted by Gasteiger charge is -2.32. The molecule has 2 unspecified atom stereocenters. The van der Waals surface area contributed by atoms with E-state index in [-0.39, 0.29) is 10.6 Å². The molecule has 2 atom stereocenters. The van der Waals surface area contributed by atoms with Crippen molar-refractivity contribution in [2.75, 3.05) is 0 Å². The Kier molecular flexibility index (Phi) is 3.96. The molecule has 0 fully saturated rings. The molecule has 2 aliphatic rings. The van der Waals surface area contributed by atoms with Crippen molar-refractivity contribution in [3.8, 4) is 16.9 Å². The summed E-state index contributed by atoms with van der Waals surface area (Å²) in [6, 6.07) is 12.9. The third kappa shape index (κ3) is 2.59. The molecule has 0 aromatic heterocycles. The molecular weight excluding hydrogens is 359 g/mol. The average Bonchev–Trinajstić information content (AvgIpc) is 2.61. The molecule has 0 radical (unpaired) electrons. The summed E-state index contributed by atoms with van der Waals surface area (Å²) in [5.74, 6) is -0.335. The fourth-order valence-corrected chi connectivity index (χ4v) is 4.51. The van der Waals surface area contributed by atoms with E-state index in [4.69, 9.17) is 4.52 Å². The first kappa shape index (κ1) is 16.1. The molecule has 0 bridgehead atoms. The van der Waals surface area contributed by atoms with Crippen LogP contribution >= 0.6 is 8.25 Å². The minimum atomic E-state index is -3.22. The maximum Gasteiger partial charge on any atom is 0.365 e. The lowest BCUT2D eigenvalue weighted by Crippen LogP contribution is -2.21. The summed E-state index contributed by atoms with van der Waals surface area (Å²) in [4.78, 5) is 9.45. The van der Waals surface area contributed by atoms with Gasteiger partial charge in [-0.2, -0.15) is 8.42 Å². The largest absolute Gasteiger partial charge is 0.426 e. The zero-order valence-corrected chi connectivity index (χ0v) is 14.7. The first-order valence-electron chi connectivity index (χ1n) is 7.55. The minimum Gasteiger partial charge on any atom is -0.426 e. The molecule has 0 saturated carbocycles. The molecule has 25 heavy (non-hydrogen) atoms. The predicted molar refractivity (Wildman–Crippen MR) is 97.5 cm³/mol. The van der Waals surface area contributed by atoms with Gasteiger partial charge in [0, 0.05) is 5.56 Å². The standard InChI is InChI=1S/C18H13O5PS/c19-24(20)23-15-9-3-7-13-11-5-1-2-6-12(11)14-8-4-10-16(25(21)22)18(14)17(13)15/h1-10,18,24H,(H,19,20). The summed E-state index contributed by atoms with van der Waals surface area (Å²) in [5.41, 5.74) is 4.12. The van der Waals surface area contributed by atoms with E-state index in [1.165, 1.54) is 0 Å². The number of fused-ring (bicyclic) bond motifs is 6. The molecule has 2 aromatic carbocycles. The SMILES string of the molecule is O=[PH](O)Oc1cccc2c1C1C(=CC=CC1=S(=O)=O)c1ccccc1-2. The number of rotatable bonds is 2. The number of hydrogen-bond donors (Lipinski definition) is 1. The second kappa shape index (κ2) is 6.15. The number of hydrogen-bond acceptors (Lipinski definition) is 4. The molecule has 0 spiro atoms. The summed E-state index contributed by atoms with van der Waals surface area (Å²) in [6.07, 6.45) is 5.13. The highest BCUT2D eigenvalue weighted by Crippen LogP contribution is 2.52. The van der Waals surface area contributed by atoms with Crippen molar-refractivity contribution in [2.24, 2.45) is 0 Å². The highest BCUT2D eigenvalue weighted by atomic mass is 32.2. The zero-order chi connectivity index (χ0) is 17.6. The quantitative estimate of drug-likeness (QED) is 0.647. The third-order valence-corrected chi connectivity index (χ3v) is 5.56. The van der Waals surface area contributed by atoms with Crippen LogP contribution in [-0.4, -0.2) is 18.2 Å². The van der Waals surface area contributed by atoms with Crippen molar-refractivity contribution in [2.45, 2.75) is 5.92 Å². The molecule has 126 valence electrons. The lowest BCUT2D eigenvalue weighted by molar-refractivity contribution is 0.409. The molecule has 0 heterocycles. The number of allylic oxidation sites excluding steroid dienone is 4. The van der Waals surface area contributed by atoms with Crippen LogP contribution < -0.4 is 4.52 Å². The van der Waals surface area contributed by atoms with Gasteiger partial charge in [0.05, 0.1) is 10.8 Å². The molecule has 7 heteroatoms. The van der Waals surface area contributed by atoms with E-state index in [0.29, 0.717) is 5.56 Å². The summed E-state index contributed by atoms with van der Waals surface area (Å²) in [6.45, 7) is 0. The second-order valence-corrected chi connectivity index (χ2v) is 7.36. The van der Waals surface area contributed by atoms with Gasteiger partial charge in [0.2, 0.25) is 10.3 Å². The topological polar surface area (TPSA) is 80.7 Å². The first-order valence-corrected chi connectivity index (χ1v) is 9.89. The van der Waals surface area contributed by atoms with E-state index in [9.17, 15) is 17.9 Å². The van der Waals surface area contributed by atoms with E-state index >= 15 is 0 Å². The van der Waals surface area contributed by atoms with Gasteiger partial charge in [-0.05, 0) is 34.4 Å². The Hall–Kier alpha value is -2.40. The zero-order valence-electron chi connectivity index (χ0n) is 12.8. The number of benzene rings is 2. The van der Waals surface area contributed by atoms with E-state index in [0.717, 1.165) is 22.3 Å². The van der Waals surface area contributed by atoms with Gasteiger partial charge in [-0.3, -0.25) is 0 Å². The van der Waals surface area contributed by atoms with Gasteiger partial charge in [-0.25, -0.2) is 4.57 Å². The minimum absolute atomic E-state index is 0.210. The maximum absolute atomic E-state index is 11.8. The molecule has 0 saturated heterocycles. The Balaban J connectivity index is 2.12. The van der Waals surface area contributed by atoms with Gasteiger partial charge in [0.15, 0.2) is 0 Å². The summed E-state index contributed by atoms with van der Waals surface area (Å²) >= 11 is 0. The Morgan fingerprint density at radius 1 is 1.00 bits per heavy atom. The van der Waals surface area contributed by atoms with Gasteiger partial charge >= 0.3 is 8.25 Å². The van der Waals surface area contributed by atoms with Crippen LogP contribution in [0.25, 0.3) is 16.7 Å². The van der Waals surface area contributed by atoms with Crippen LogP contribution in [0.5, 0.6) is 5.75 Å². The van der Waals surface area contributed by atoms with Gasteiger partial charge in [0.25, 0.3) is 0 Å². The van der Waals surface area contributed by atoms with Crippen LogP contribution in [0.2, 0.25) is 0 Å². The summed E-state index contributed by atoms with van der Waals surface area (Å²) < 4.78 is 40.0. The Labute approximate surface area is 146 Å². The Morgan fingerprint density at radius 3 is 2.44 bits per heavy atom. The lowest BCUT2D eigenvalue weighted by atomic mass is 9.72. The van der Waals surface area contributed by atoms with Crippen molar-refractivity contribution in [3.05, 3.63) is 71.8 Å². The van der Waals surface area contributed by atoms with Crippen molar-refractivity contribution < 1.29 is 22.4 Å². The molecule has 2 aliphatic carbocycles. The molecule has 0 amide bonds. The van der Waals surface area contributed by atoms with Gasteiger partial charge in [-0.1, -0.05) is 48.6 Å². The van der Waals surface area contributed by atoms with Crippen LogP contribution in [0.15, 0.2) is 60.7 Å². The van der Waals surface area contributed by atoms with Crippen LogP contribution in [0.3, 0.4) is 0 Å². The molecular formula is C18H13O5PS. The van der Waals surface area contributed by atoms with Crippen molar-refractivity contribution in [1.82, 2.24) is 0 Å². The molecule has 5 nitrogen and oxygen atoms in total. The third-order valence-electron chi connectivity index (χ3n) is 4.40. The average molecular weight is 372 g/mol. The fourth-order valence-electron chi connectivity index (χ4n) is 3.52. The first-order chi connectivity index (χ1) is 12.1. The van der Waals surface area contributed by atoms with Crippen molar-refractivity contribution in [1.29, 1.82) is 0 Å². The van der Waals surface area contributed by atoms with E-state index in [2.05, 4.69) is 0 Å². The molecule has 1 N–H and O–H groups in total.